The molecule has 0 aromatic carbocycles. The van der Waals surface area contributed by atoms with Gasteiger partial charge in [0, 0.05) is 18.5 Å². The molecule has 46 valence electrons. The highest BCUT2D eigenvalue weighted by molar-refractivity contribution is 5.55. The Bertz CT molecular complexity index is 100. The average Bonchev–Trinajstić information content (AvgIpc) is 1.83. The molecule has 0 bridgehead atoms. The molecular formula is C6H12N2. The maximum atomic E-state index is 5.29. The lowest BCUT2D eigenvalue weighted by molar-refractivity contribution is 1.10. The second-order valence-electron chi connectivity index (χ2n) is 1.37. The lowest BCUT2D eigenvalue weighted by atomic mass is 10.4. The fraction of sp³-hybridized carbons (Fsp3) is 0.500. The number of rotatable bonds is 2. The van der Waals surface area contributed by atoms with Crippen molar-refractivity contribution in [3.8, 4) is 0 Å². The molecule has 0 aliphatic rings. The molecule has 0 aliphatic heterocycles. The summed E-state index contributed by atoms with van der Waals surface area (Å²) in [6.45, 7) is 4.33. The number of hydrogen-bond donors (Lipinski definition) is 1. The molecule has 0 atom stereocenters. The highest BCUT2D eigenvalue weighted by atomic mass is 14.8. The second kappa shape index (κ2) is 4.53. The van der Waals surface area contributed by atoms with Crippen LogP contribution in [0.15, 0.2) is 16.8 Å². The molecule has 2 nitrogen and oxygen atoms in total. The van der Waals surface area contributed by atoms with Gasteiger partial charge in [0.05, 0.1) is 0 Å². The molecule has 8 heavy (non-hydrogen) atoms. The van der Waals surface area contributed by atoms with E-state index in [1.165, 1.54) is 0 Å². The third kappa shape index (κ3) is 2.53. The Hall–Kier alpha value is -0.630. The summed E-state index contributed by atoms with van der Waals surface area (Å²) < 4.78 is 0. The van der Waals surface area contributed by atoms with Crippen molar-refractivity contribution in [3.63, 3.8) is 0 Å². The summed E-state index contributed by atoms with van der Waals surface area (Å²) in [6, 6.07) is 0. The maximum Gasteiger partial charge on any atom is 0.0492 e. The monoisotopic (exact) mass is 112 g/mol. The van der Waals surface area contributed by atoms with Crippen LogP contribution in [0.2, 0.25) is 0 Å². The Kier molecular flexibility index (Phi) is 4.17. The van der Waals surface area contributed by atoms with Crippen LogP contribution >= 0.6 is 0 Å². The average molecular weight is 112 g/mol. The molecule has 0 heterocycles. The van der Waals surface area contributed by atoms with Crippen molar-refractivity contribution in [2.45, 2.75) is 13.8 Å². The number of nitrogens with two attached hydrogens (primary N) is 1. The largest absolute Gasteiger partial charge is 0.325 e. The van der Waals surface area contributed by atoms with E-state index in [0.717, 1.165) is 5.70 Å². The van der Waals surface area contributed by atoms with Crippen molar-refractivity contribution in [1.29, 1.82) is 0 Å². The van der Waals surface area contributed by atoms with E-state index < -0.39 is 0 Å². The van der Waals surface area contributed by atoms with Gasteiger partial charge in [0.1, 0.15) is 0 Å². The van der Waals surface area contributed by atoms with Crippen molar-refractivity contribution in [2.75, 3.05) is 6.54 Å². The molecule has 0 fully saturated rings. The lowest BCUT2D eigenvalue weighted by Crippen LogP contribution is -2.00. The standard InChI is InChI=1S/C6H12N2/c1-3-6(5-7)8-4-2/h3-4H,5,7H2,1-2H3/b6-3-,8-4?. The van der Waals surface area contributed by atoms with E-state index >= 15 is 0 Å². The van der Waals surface area contributed by atoms with Gasteiger partial charge in [-0.05, 0) is 13.8 Å². The summed E-state index contributed by atoms with van der Waals surface area (Å²) in [7, 11) is 0. The van der Waals surface area contributed by atoms with Crippen LogP contribution in [0.4, 0.5) is 0 Å². The van der Waals surface area contributed by atoms with Crippen LogP contribution in [0.5, 0.6) is 0 Å². The van der Waals surface area contributed by atoms with E-state index in [0.29, 0.717) is 6.54 Å². The first kappa shape index (κ1) is 7.37. The minimum Gasteiger partial charge on any atom is -0.325 e. The van der Waals surface area contributed by atoms with Crippen LogP contribution in [-0.4, -0.2) is 12.8 Å². The zero-order valence-electron chi connectivity index (χ0n) is 5.39. The fourth-order valence-electron chi connectivity index (χ4n) is 0.411. The number of allylic oxidation sites excluding steroid dienone is 1. The van der Waals surface area contributed by atoms with Crippen LogP contribution in [-0.2, 0) is 0 Å². The molecule has 2 heteroatoms. The molecule has 0 aromatic heterocycles. The van der Waals surface area contributed by atoms with E-state index in [4.69, 9.17) is 5.73 Å². The van der Waals surface area contributed by atoms with Gasteiger partial charge in [-0.3, -0.25) is 4.99 Å². The normalized spacial score (nSPS) is 13.1. The molecular weight excluding hydrogens is 100 g/mol. The topological polar surface area (TPSA) is 38.4 Å². The minimum atomic E-state index is 0.529. The van der Waals surface area contributed by atoms with Crippen LogP contribution in [0, 0.1) is 0 Å². The second-order valence-corrected chi connectivity index (χ2v) is 1.37. The Balaban J connectivity index is 3.72. The van der Waals surface area contributed by atoms with E-state index in [9.17, 15) is 0 Å². The third-order valence-corrected chi connectivity index (χ3v) is 0.837. The van der Waals surface area contributed by atoms with Crippen LogP contribution in [0.1, 0.15) is 13.8 Å². The van der Waals surface area contributed by atoms with Gasteiger partial charge >= 0.3 is 0 Å². The molecule has 2 N–H and O–H groups in total. The first-order valence-corrected chi connectivity index (χ1v) is 2.69. The third-order valence-electron chi connectivity index (χ3n) is 0.837. The molecule has 0 saturated heterocycles. The van der Waals surface area contributed by atoms with E-state index in [-0.39, 0.29) is 0 Å². The van der Waals surface area contributed by atoms with E-state index in [1.54, 1.807) is 6.21 Å². The van der Waals surface area contributed by atoms with Crippen molar-refractivity contribution in [1.82, 2.24) is 0 Å². The van der Waals surface area contributed by atoms with Crippen molar-refractivity contribution in [2.24, 2.45) is 10.7 Å². The van der Waals surface area contributed by atoms with Crippen molar-refractivity contribution in [3.05, 3.63) is 11.8 Å². The lowest BCUT2D eigenvalue weighted by Gasteiger charge is -1.90. The predicted molar refractivity (Wildman–Crippen MR) is 37.0 cm³/mol. The minimum absolute atomic E-state index is 0.529. The zero-order chi connectivity index (χ0) is 6.41. The number of nitrogens with zero attached hydrogens (tertiary/aromatic N) is 1. The summed E-state index contributed by atoms with van der Waals surface area (Å²) in [5, 5.41) is 0. The van der Waals surface area contributed by atoms with Crippen molar-refractivity contribution < 1.29 is 0 Å². The van der Waals surface area contributed by atoms with Gasteiger partial charge < -0.3 is 5.73 Å². The van der Waals surface area contributed by atoms with Gasteiger partial charge in [-0.1, -0.05) is 6.08 Å². The molecule has 0 unspecified atom stereocenters. The fourth-order valence-corrected chi connectivity index (χ4v) is 0.411. The molecule has 0 spiro atoms. The van der Waals surface area contributed by atoms with E-state index in [2.05, 4.69) is 4.99 Å². The van der Waals surface area contributed by atoms with Gasteiger partial charge in [0.15, 0.2) is 0 Å². The molecule has 0 amide bonds. The van der Waals surface area contributed by atoms with Gasteiger partial charge in [-0.2, -0.15) is 0 Å². The summed E-state index contributed by atoms with van der Waals surface area (Å²) in [4.78, 5) is 3.97. The Morgan fingerprint density at radius 2 is 2.25 bits per heavy atom. The van der Waals surface area contributed by atoms with Crippen LogP contribution in [0.25, 0.3) is 0 Å². The quantitative estimate of drug-likeness (QED) is 0.530. The Labute approximate surface area is 50.1 Å². The van der Waals surface area contributed by atoms with Crippen LogP contribution in [0.3, 0.4) is 0 Å². The first-order valence-electron chi connectivity index (χ1n) is 2.69. The van der Waals surface area contributed by atoms with Gasteiger partial charge in [0.2, 0.25) is 0 Å². The smallest absolute Gasteiger partial charge is 0.0492 e. The van der Waals surface area contributed by atoms with Gasteiger partial charge in [0.25, 0.3) is 0 Å². The maximum absolute atomic E-state index is 5.29. The zero-order valence-corrected chi connectivity index (χ0v) is 5.39. The van der Waals surface area contributed by atoms with Crippen molar-refractivity contribution >= 4 is 6.21 Å². The summed E-state index contributed by atoms with van der Waals surface area (Å²) in [6.07, 6.45) is 3.64. The number of aliphatic imine (C=N–C) groups is 1. The summed E-state index contributed by atoms with van der Waals surface area (Å²) >= 11 is 0. The Morgan fingerprint density at radius 3 is 2.38 bits per heavy atom. The Morgan fingerprint density at radius 1 is 1.62 bits per heavy atom. The van der Waals surface area contributed by atoms with Gasteiger partial charge in [-0.25, -0.2) is 0 Å². The molecule has 0 saturated carbocycles. The number of hydrogen-bond acceptors (Lipinski definition) is 2. The highest BCUT2D eigenvalue weighted by Gasteiger charge is 1.80. The SMILES string of the molecule is CC=N/C(=C\C)CN. The first-order chi connectivity index (χ1) is 3.85. The van der Waals surface area contributed by atoms with Gasteiger partial charge in [-0.15, -0.1) is 0 Å². The van der Waals surface area contributed by atoms with Crippen LogP contribution < -0.4 is 5.73 Å². The highest BCUT2D eigenvalue weighted by Crippen LogP contribution is 1.89. The predicted octanol–water partition coefficient (Wildman–Crippen LogP) is 0.940. The summed E-state index contributed by atoms with van der Waals surface area (Å²) in [5.41, 5.74) is 6.22. The summed E-state index contributed by atoms with van der Waals surface area (Å²) in [5.74, 6) is 0. The van der Waals surface area contributed by atoms with E-state index in [1.807, 2.05) is 19.9 Å². The molecule has 0 radical (unpaired) electrons. The molecule has 0 aromatic rings. The molecule has 0 rings (SSSR count). The molecule has 0 aliphatic carbocycles.